The number of carbonyl (C=O) groups is 1. The Balaban J connectivity index is 1.32. The second-order valence-electron chi connectivity index (χ2n) is 9.51. The highest BCUT2D eigenvalue weighted by molar-refractivity contribution is 5.87. The van der Waals surface area contributed by atoms with Crippen molar-refractivity contribution in [3.8, 4) is 0 Å². The molecule has 0 radical (unpaired) electrons. The summed E-state index contributed by atoms with van der Waals surface area (Å²) in [6.07, 6.45) is 4.72. The van der Waals surface area contributed by atoms with Crippen LogP contribution in [0.25, 0.3) is 5.57 Å². The number of benzene rings is 1. The topological polar surface area (TPSA) is 56.8 Å². The summed E-state index contributed by atoms with van der Waals surface area (Å²) < 4.78 is 5.76. The average molecular weight is 395 g/mol. The van der Waals surface area contributed by atoms with Gasteiger partial charge < -0.3 is 15.4 Å². The molecule has 2 bridgehead atoms. The van der Waals surface area contributed by atoms with Gasteiger partial charge in [-0.3, -0.25) is 9.80 Å². The van der Waals surface area contributed by atoms with E-state index in [1.54, 1.807) is 0 Å². The van der Waals surface area contributed by atoms with Crippen LogP contribution in [-0.2, 0) is 9.53 Å². The number of nitrogens with one attached hydrogen (secondary N) is 2. The number of fused-ring (bicyclic) bond motifs is 4. The lowest BCUT2D eigenvalue weighted by Gasteiger charge is -2.43. The quantitative estimate of drug-likeness (QED) is 0.823. The molecule has 4 aliphatic heterocycles. The molecular formula is C23H30N4O2. The fourth-order valence-corrected chi connectivity index (χ4v) is 6.14. The Kier molecular flexibility index (Phi) is 4.05. The number of hydrazine groups is 1. The van der Waals surface area contributed by atoms with Crippen molar-refractivity contribution in [2.45, 2.75) is 56.8 Å². The van der Waals surface area contributed by atoms with Gasteiger partial charge in [0.25, 0.3) is 0 Å². The monoisotopic (exact) mass is 394 g/mol. The maximum atomic E-state index is 13.7. The van der Waals surface area contributed by atoms with E-state index in [4.69, 9.17) is 4.74 Å². The average Bonchev–Trinajstić information content (AvgIpc) is 3.45. The van der Waals surface area contributed by atoms with E-state index in [9.17, 15) is 4.79 Å². The Morgan fingerprint density at radius 1 is 1.28 bits per heavy atom. The molecule has 0 aromatic heterocycles. The maximum Gasteiger partial charge on any atom is 0.245 e. The summed E-state index contributed by atoms with van der Waals surface area (Å²) in [5.74, 6) is 0.680. The molecular weight excluding hydrogens is 364 g/mol. The molecule has 29 heavy (non-hydrogen) atoms. The van der Waals surface area contributed by atoms with Crippen LogP contribution in [0.3, 0.4) is 0 Å². The molecule has 2 saturated heterocycles. The fourth-order valence-electron chi connectivity index (χ4n) is 6.14. The van der Waals surface area contributed by atoms with Crippen molar-refractivity contribution < 1.29 is 9.53 Å². The number of nitrogens with zero attached hydrogens (tertiary/aromatic N) is 2. The SMILES string of the molecule is CC(C)N(C(=O)[C@@H]1C=C2c3cccc4c3C(CN4)C[C@H]2NC1)N1C[C@@H]2C[C@H]1CO2. The normalized spacial score (nSPS) is 34.6. The second-order valence-corrected chi connectivity index (χ2v) is 9.51. The number of rotatable bonds is 3. The smallest absolute Gasteiger partial charge is 0.245 e. The van der Waals surface area contributed by atoms with Crippen LogP contribution in [0.2, 0.25) is 0 Å². The molecule has 0 saturated carbocycles. The highest BCUT2D eigenvalue weighted by atomic mass is 16.5. The van der Waals surface area contributed by atoms with E-state index in [1.807, 2.05) is 5.01 Å². The molecule has 2 fully saturated rings. The van der Waals surface area contributed by atoms with Crippen molar-refractivity contribution in [1.29, 1.82) is 0 Å². The molecule has 6 nitrogen and oxygen atoms in total. The van der Waals surface area contributed by atoms with Crippen molar-refractivity contribution in [3.63, 3.8) is 0 Å². The van der Waals surface area contributed by atoms with Crippen LogP contribution in [-0.4, -0.2) is 66.4 Å². The maximum absolute atomic E-state index is 13.7. The van der Waals surface area contributed by atoms with Gasteiger partial charge in [0, 0.05) is 43.3 Å². The zero-order valence-electron chi connectivity index (χ0n) is 17.2. The van der Waals surface area contributed by atoms with Gasteiger partial charge in [-0.25, -0.2) is 5.01 Å². The first-order chi connectivity index (χ1) is 14.1. The first-order valence-corrected chi connectivity index (χ1v) is 11.1. The minimum atomic E-state index is -0.120. The van der Waals surface area contributed by atoms with Crippen molar-refractivity contribution >= 4 is 17.2 Å². The fraction of sp³-hybridized carbons (Fsp3) is 0.609. The Bertz CT molecular complexity index is 882. The van der Waals surface area contributed by atoms with Gasteiger partial charge in [-0.2, -0.15) is 0 Å². The molecule has 1 aromatic rings. The standard InChI is InChI=1S/C23H30N4O2/c1-13(2)27(26-11-17-8-16(26)12-29-17)23(28)15-6-19-18-4-3-5-20-22(18)14(9-24-20)7-21(19)25-10-15/h3-6,13-17,21,24-25H,7-12H2,1-2H3/t14?,15-,16+,17+,21-/m1/s1. The Morgan fingerprint density at radius 2 is 2.17 bits per heavy atom. The van der Waals surface area contributed by atoms with Crippen molar-refractivity contribution in [3.05, 3.63) is 35.4 Å². The molecule has 154 valence electrons. The number of anilines is 1. The summed E-state index contributed by atoms with van der Waals surface area (Å²) in [6.45, 7) is 7.59. The van der Waals surface area contributed by atoms with Gasteiger partial charge in [-0.1, -0.05) is 18.2 Å². The predicted molar refractivity (Wildman–Crippen MR) is 112 cm³/mol. The van der Waals surface area contributed by atoms with E-state index in [0.29, 0.717) is 18.0 Å². The summed E-state index contributed by atoms with van der Waals surface area (Å²) in [5.41, 5.74) is 5.39. The van der Waals surface area contributed by atoms with Gasteiger partial charge in [-0.15, -0.1) is 0 Å². The van der Waals surface area contributed by atoms with Gasteiger partial charge in [-0.05, 0) is 49.5 Å². The minimum Gasteiger partial charge on any atom is -0.384 e. The predicted octanol–water partition coefficient (Wildman–Crippen LogP) is 2.20. The van der Waals surface area contributed by atoms with E-state index < -0.39 is 0 Å². The Labute approximate surface area is 172 Å². The molecule has 4 heterocycles. The number of morpholine rings is 1. The van der Waals surface area contributed by atoms with Crippen LogP contribution < -0.4 is 10.6 Å². The molecule has 5 atom stereocenters. The number of ether oxygens (including phenoxy) is 1. The second kappa shape index (κ2) is 6.56. The molecule has 1 aromatic carbocycles. The van der Waals surface area contributed by atoms with Gasteiger partial charge in [0.15, 0.2) is 0 Å². The largest absolute Gasteiger partial charge is 0.384 e. The summed E-state index contributed by atoms with van der Waals surface area (Å²) >= 11 is 0. The molecule has 5 aliphatic rings. The third-order valence-corrected chi connectivity index (χ3v) is 7.41. The number of amides is 1. The molecule has 1 aliphatic carbocycles. The highest BCUT2D eigenvalue weighted by Gasteiger charge is 2.46. The van der Waals surface area contributed by atoms with E-state index in [1.165, 1.54) is 22.4 Å². The van der Waals surface area contributed by atoms with Gasteiger partial charge in [0.2, 0.25) is 5.91 Å². The number of hydrogen-bond donors (Lipinski definition) is 2. The summed E-state index contributed by atoms with van der Waals surface area (Å²) in [6, 6.07) is 7.42. The van der Waals surface area contributed by atoms with Gasteiger partial charge in [0.05, 0.1) is 24.7 Å². The number of hydrogen-bond acceptors (Lipinski definition) is 5. The summed E-state index contributed by atoms with van der Waals surface area (Å²) in [5, 5.41) is 11.6. The van der Waals surface area contributed by atoms with Gasteiger partial charge >= 0.3 is 0 Å². The lowest BCUT2D eigenvalue weighted by atomic mass is 9.75. The molecule has 6 heteroatoms. The summed E-state index contributed by atoms with van der Waals surface area (Å²) in [7, 11) is 0. The lowest BCUT2D eigenvalue weighted by molar-refractivity contribution is -0.166. The van der Waals surface area contributed by atoms with Crippen molar-refractivity contribution in [2.24, 2.45) is 5.92 Å². The van der Waals surface area contributed by atoms with Crippen LogP contribution in [0, 0.1) is 5.92 Å². The third kappa shape index (κ3) is 2.69. The van der Waals surface area contributed by atoms with Crippen molar-refractivity contribution in [2.75, 3.05) is 31.6 Å². The van der Waals surface area contributed by atoms with E-state index in [0.717, 1.165) is 39.1 Å². The lowest BCUT2D eigenvalue weighted by Crippen LogP contribution is -2.58. The minimum absolute atomic E-state index is 0.120. The Hall–Kier alpha value is -1.89. The van der Waals surface area contributed by atoms with Gasteiger partial charge in [0.1, 0.15) is 0 Å². The zero-order valence-corrected chi connectivity index (χ0v) is 17.2. The first kappa shape index (κ1) is 17.9. The van der Waals surface area contributed by atoms with Crippen molar-refractivity contribution in [1.82, 2.24) is 15.3 Å². The highest BCUT2D eigenvalue weighted by Crippen LogP contribution is 2.47. The molecule has 6 rings (SSSR count). The van der Waals surface area contributed by atoms with Crippen LogP contribution in [0.4, 0.5) is 5.69 Å². The van der Waals surface area contributed by atoms with Crippen LogP contribution in [0.1, 0.15) is 43.7 Å². The molecule has 2 N–H and O–H groups in total. The van der Waals surface area contributed by atoms with Crippen LogP contribution >= 0.6 is 0 Å². The first-order valence-electron chi connectivity index (χ1n) is 11.1. The third-order valence-electron chi connectivity index (χ3n) is 7.41. The molecule has 0 spiro atoms. The Morgan fingerprint density at radius 3 is 2.93 bits per heavy atom. The van der Waals surface area contributed by atoms with Crippen LogP contribution in [0.5, 0.6) is 0 Å². The van der Waals surface area contributed by atoms with E-state index >= 15 is 0 Å². The van der Waals surface area contributed by atoms with Crippen LogP contribution in [0.15, 0.2) is 24.3 Å². The van der Waals surface area contributed by atoms with E-state index in [2.05, 4.69) is 53.8 Å². The van der Waals surface area contributed by atoms with E-state index in [-0.39, 0.29) is 24.0 Å². The number of carbonyl (C=O) groups excluding carboxylic acids is 1. The summed E-state index contributed by atoms with van der Waals surface area (Å²) in [4.78, 5) is 13.7. The molecule has 1 amide bonds. The molecule has 1 unspecified atom stereocenters. The zero-order chi connectivity index (χ0) is 19.7.